The van der Waals surface area contributed by atoms with Crippen LogP contribution in [0.2, 0.25) is 0 Å². The van der Waals surface area contributed by atoms with Crippen molar-refractivity contribution in [2.75, 3.05) is 17.1 Å². The third-order valence-electron chi connectivity index (χ3n) is 3.20. The van der Waals surface area contributed by atoms with Crippen molar-refractivity contribution in [1.29, 1.82) is 0 Å². The molecule has 0 aliphatic rings. The van der Waals surface area contributed by atoms with Crippen LogP contribution in [0.4, 0.5) is 11.4 Å². The number of hydrogen-bond acceptors (Lipinski definition) is 4. The van der Waals surface area contributed by atoms with Crippen molar-refractivity contribution >= 4 is 43.2 Å². The van der Waals surface area contributed by atoms with Gasteiger partial charge in [0.2, 0.25) is 5.91 Å². The minimum absolute atomic E-state index is 0.0209. The Hall–Kier alpha value is -2.06. The van der Waals surface area contributed by atoms with Gasteiger partial charge in [-0.3, -0.25) is 9.52 Å². The first-order valence-corrected chi connectivity index (χ1v) is 9.25. The molecule has 2 aromatic carbocycles. The Morgan fingerprint density at radius 1 is 1.17 bits per heavy atom. The highest BCUT2D eigenvalue weighted by atomic mass is 79.9. The highest BCUT2D eigenvalue weighted by Crippen LogP contribution is 2.29. The van der Waals surface area contributed by atoms with Gasteiger partial charge in [0.1, 0.15) is 5.75 Å². The molecule has 2 rings (SSSR count). The van der Waals surface area contributed by atoms with E-state index in [1.54, 1.807) is 18.2 Å². The lowest BCUT2D eigenvalue weighted by Crippen LogP contribution is -2.14. The van der Waals surface area contributed by atoms with Crippen LogP contribution in [0.3, 0.4) is 0 Å². The number of halogens is 1. The molecule has 0 aliphatic heterocycles. The van der Waals surface area contributed by atoms with E-state index in [2.05, 4.69) is 26.0 Å². The van der Waals surface area contributed by atoms with Gasteiger partial charge in [0.05, 0.1) is 17.7 Å². The molecule has 0 fully saturated rings. The van der Waals surface area contributed by atoms with Gasteiger partial charge >= 0.3 is 0 Å². The number of carbonyl (C=O) groups excluding carboxylic acids is 1. The molecule has 24 heavy (non-hydrogen) atoms. The fourth-order valence-corrected chi connectivity index (χ4v) is 3.39. The van der Waals surface area contributed by atoms with E-state index < -0.39 is 10.0 Å². The number of amides is 1. The van der Waals surface area contributed by atoms with E-state index in [0.717, 1.165) is 10.0 Å². The second-order valence-corrected chi connectivity index (χ2v) is 7.65. The number of hydrogen-bond donors (Lipinski definition) is 2. The average Bonchev–Trinajstić information content (AvgIpc) is 2.50. The summed E-state index contributed by atoms with van der Waals surface area (Å²) in [5, 5.41) is 2.55. The molecule has 2 N–H and O–H groups in total. The maximum Gasteiger partial charge on any atom is 0.261 e. The molecule has 2 aromatic rings. The third-order valence-corrected chi connectivity index (χ3v) is 5.47. The van der Waals surface area contributed by atoms with E-state index in [4.69, 9.17) is 4.74 Å². The van der Waals surface area contributed by atoms with Gasteiger partial charge in [-0.05, 0) is 48.9 Å². The number of rotatable bonds is 5. The molecule has 128 valence electrons. The monoisotopic (exact) mass is 412 g/mol. The second kappa shape index (κ2) is 7.23. The number of sulfonamides is 1. The Balaban J connectivity index is 2.37. The number of anilines is 2. The highest BCUT2D eigenvalue weighted by Gasteiger charge is 2.17. The van der Waals surface area contributed by atoms with Gasteiger partial charge in [0.15, 0.2) is 0 Å². The molecule has 0 aliphatic carbocycles. The topological polar surface area (TPSA) is 84.5 Å². The van der Waals surface area contributed by atoms with Crippen LogP contribution in [0.1, 0.15) is 12.5 Å². The largest absolute Gasteiger partial charge is 0.495 e. The SMILES string of the molecule is COc1ccc(S(=O)(=O)Nc2ccc(Br)c(C)c2)cc1NC(C)=O. The molecule has 8 heteroatoms. The van der Waals surface area contributed by atoms with E-state index in [9.17, 15) is 13.2 Å². The number of nitrogens with one attached hydrogen (secondary N) is 2. The summed E-state index contributed by atoms with van der Waals surface area (Å²) < 4.78 is 33.7. The molecule has 0 aromatic heterocycles. The Bertz CT molecular complexity index is 882. The Labute approximate surface area is 149 Å². The lowest BCUT2D eigenvalue weighted by Gasteiger charge is -2.13. The fourth-order valence-electron chi connectivity index (χ4n) is 2.06. The first-order valence-electron chi connectivity index (χ1n) is 6.97. The standard InChI is InChI=1S/C16H17BrN2O4S/c1-10-8-12(4-6-14(10)17)19-24(21,22)13-5-7-16(23-3)15(9-13)18-11(2)20/h4-9,19H,1-3H3,(H,18,20). The van der Waals surface area contributed by atoms with Crippen molar-refractivity contribution in [3.63, 3.8) is 0 Å². The van der Waals surface area contributed by atoms with Crippen LogP contribution in [0, 0.1) is 6.92 Å². The molecule has 0 atom stereocenters. The number of ether oxygens (including phenoxy) is 1. The van der Waals surface area contributed by atoms with Crippen molar-refractivity contribution < 1.29 is 17.9 Å². The fraction of sp³-hybridized carbons (Fsp3) is 0.188. The smallest absolute Gasteiger partial charge is 0.261 e. The minimum Gasteiger partial charge on any atom is -0.495 e. The zero-order valence-electron chi connectivity index (χ0n) is 13.4. The molecule has 0 saturated heterocycles. The predicted octanol–water partition coefficient (Wildman–Crippen LogP) is 3.53. The molecule has 1 amide bonds. The van der Waals surface area contributed by atoms with Crippen molar-refractivity contribution in [2.45, 2.75) is 18.7 Å². The van der Waals surface area contributed by atoms with E-state index in [-0.39, 0.29) is 10.8 Å². The third kappa shape index (κ3) is 4.27. The van der Waals surface area contributed by atoms with Gasteiger partial charge < -0.3 is 10.1 Å². The zero-order valence-corrected chi connectivity index (χ0v) is 15.8. The number of benzene rings is 2. The second-order valence-electron chi connectivity index (χ2n) is 5.11. The summed E-state index contributed by atoms with van der Waals surface area (Å²) in [6, 6.07) is 9.41. The lowest BCUT2D eigenvalue weighted by molar-refractivity contribution is -0.114. The normalized spacial score (nSPS) is 11.0. The van der Waals surface area contributed by atoms with Crippen LogP contribution in [-0.2, 0) is 14.8 Å². The molecular weight excluding hydrogens is 396 g/mol. The van der Waals surface area contributed by atoms with Crippen molar-refractivity contribution in [3.8, 4) is 5.75 Å². The van der Waals surface area contributed by atoms with Crippen LogP contribution < -0.4 is 14.8 Å². The predicted molar refractivity (Wildman–Crippen MR) is 97.0 cm³/mol. The van der Waals surface area contributed by atoms with E-state index in [1.807, 2.05) is 6.92 Å². The Morgan fingerprint density at radius 2 is 1.88 bits per heavy atom. The van der Waals surface area contributed by atoms with Crippen LogP contribution in [0.15, 0.2) is 45.8 Å². The summed E-state index contributed by atoms with van der Waals surface area (Å²) in [7, 11) is -2.36. The molecule has 0 saturated carbocycles. The molecule has 0 unspecified atom stereocenters. The Morgan fingerprint density at radius 3 is 2.46 bits per heavy atom. The quantitative estimate of drug-likeness (QED) is 0.786. The van der Waals surface area contributed by atoms with Crippen molar-refractivity contribution in [2.24, 2.45) is 0 Å². The Kier molecular flexibility index (Phi) is 5.51. The van der Waals surface area contributed by atoms with E-state index >= 15 is 0 Å². The van der Waals surface area contributed by atoms with Gasteiger partial charge in [-0.2, -0.15) is 0 Å². The molecule has 0 spiro atoms. The summed E-state index contributed by atoms with van der Waals surface area (Å²) in [6.07, 6.45) is 0. The van der Waals surface area contributed by atoms with Gasteiger partial charge in [-0.25, -0.2) is 8.42 Å². The van der Waals surface area contributed by atoms with Crippen LogP contribution in [0.25, 0.3) is 0 Å². The minimum atomic E-state index is -3.80. The summed E-state index contributed by atoms with van der Waals surface area (Å²) in [5.41, 5.74) is 1.65. The summed E-state index contributed by atoms with van der Waals surface area (Å²) in [5.74, 6) is 0.0583. The zero-order chi connectivity index (χ0) is 17.9. The van der Waals surface area contributed by atoms with Crippen molar-refractivity contribution in [3.05, 3.63) is 46.4 Å². The maximum absolute atomic E-state index is 12.6. The lowest BCUT2D eigenvalue weighted by atomic mass is 10.2. The molecule has 0 heterocycles. The van der Waals surface area contributed by atoms with Gasteiger partial charge in [-0.1, -0.05) is 15.9 Å². The summed E-state index contributed by atoms with van der Waals surface area (Å²) >= 11 is 3.37. The van der Waals surface area contributed by atoms with Gasteiger partial charge in [-0.15, -0.1) is 0 Å². The van der Waals surface area contributed by atoms with E-state index in [0.29, 0.717) is 17.1 Å². The maximum atomic E-state index is 12.6. The van der Waals surface area contributed by atoms with Gasteiger partial charge in [0, 0.05) is 17.1 Å². The average molecular weight is 413 g/mol. The number of methoxy groups -OCH3 is 1. The first-order chi connectivity index (χ1) is 11.2. The molecular formula is C16H17BrN2O4S. The summed E-state index contributed by atoms with van der Waals surface area (Å²) in [6.45, 7) is 3.20. The number of aryl methyl sites for hydroxylation is 1. The van der Waals surface area contributed by atoms with Crippen LogP contribution >= 0.6 is 15.9 Å². The first kappa shape index (κ1) is 18.3. The van der Waals surface area contributed by atoms with Crippen molar-refractivity contribution in [1.82, 2.24) is 0 Å². The molecule has 0 radical (unpaired) electrons. The molecule has 6 nitrogen and oxygen atoms in total. The highest BCUT2D eigenvalue weighted by molar-refractivity contribution is 9.10. The summed E-state index contributed by atoms with van der Waals surface area (Å²) in [4.78, 5) is 11.3. The molecule has 0 bridgehead atoms. The van der Waals surface area contributed by atoms with Crippen LogP contribution in [-0.4, -0.2) is 21.4 Å². The number of carbonyl (C=O) groups is 1. The van der Waals surface area contributed by atoms with Crippen LogP contribution in [0.5, 0.6) is 5.75 Å². The van der Waals surface area contributed by atoms with E-state index in [1.165, 1.54) is 32.2 Å². The van der Waals surface area contributed by atoms with Gasteiger partial charge in [0.25, 0.3) is 10.0 Å².